The fourth-order valence-corrected chi connectivity index (χ4v) is 2.98. The van der Waals surface area contributed by atoms with E-state index >= 15 is 0 Å². The van der Waals surface area contributed by atoms with E-state index in [1.165, 1.54) is 31.2 Å². The van der Waals surface area contributed by atoms with Gasteiger partial charge in [0.15, 0.2) is 33.1 Å². The number of rotatable bonds is 5. The molecule has 1 atom stereocenters. The molecule has 146 valence electrons. The molecule has 0 heterocycles. The van der Waals surface area contributed by atoms with Crippen LogP contribution in [0, 0.1) is 29.1 Å². The monoisotopic (exact) mass is 407 g/mol. The number of carbonyl (C=O) groups excluding carboxylic acids is 1. The molecule has 10 heteroatoms. The molecular formula is C17H14F5NO3S. The number of benzene rings is 2. The van der Waals surface area contributed by atoms with Crippen molar-refractivity contribution in [3.8, 4) is 0 Å². The number of hydrogen-bond donors (Lipinski definition) is 1. The van der Waals surface area contributed by atoms with E-state index in [4.69, 9.17) is 0 Å². The molecule has 0 bridgehead atoms. The Hall–Kier alpha value is -2.49. The van der Waals surface area contributed by atoms with Crippen molar-refractivity contribution in [2.45, 2.75) is 24.3 Å². The minimum atomic E-state index is -3.40. The van der Waals surface area contributed by atoms with Crippen LogP contribution in [0.2, 0.25) is 0 Å². The second kappa shape index (κ2) is 7.63. The molecule has 0 unspecified atom stereocenters. The van der Waals surface area contributed by atoms with Gasteiger partial charge in [-0.05, 0) is 24.6 Å². The predicted molar refractivity (Wildman–Crippen MR) is 86.0 cm³/mol. The van der Waals surface area contributed by atoms with E-state index in [-0.39, 0.29) is 4.90 Å². The summed E-state index contributed by atoms with van der Waals surface area (Å²) in [6.45, 7) is 1.51. The first-order valence-electron chi connectivity index (χ1n) is 7.53. The third kappa shape index (κ3) is 4.44. The summed E-state index contributed by atoms with van der Waals surface area (Å²) in [5.41, 5.74) is -0.753. The Morgan fingerprint density at radius 1 is 0.926 bits per heavy atom. The lowest BCUT2D eigenvalue weighted by atomic mass is 10.1. The minimum absolute atomic E-state index is 0.0613. The van der Waals surface area contributed by atoms with Gasteiger partial charge in [-0.2, -0.15) is 0 Å². The van der Waals surface area contributed by atoms with Gasteiger partial charge in [0.05, 0.1) is 17.4 Å². The zero-order valence-corrected chi connectivity index (χ0v) is 14.9. The molecular weight excluding hydrogens is 393 g/mol. The first-order chi connectivity index (χ1) is 12.4. The average Bonchev–Trinajstić information content (AvgIpc) is 2.61. The zero-order valence-electron chi connectivity index (χ0n) is 14.1. The Balaban J connectivity index is 2.17. The summed E-state index contributed by atoms with van der Waals surface area (Å²) >= 11 is 0. The Morgan fingerprint density at radius 3 is 1.81 bits per heavy atom. The van der Waals surface area contributed by atoms with Crippen LogP contribution in [0.5, 0.6) is 0 Å². The number of hydrogen-bond acceptors (Lipinski definition) is 3. The lowest BCUT2D eigenvalue weighted by Gasteiger charge is -2.15. The topological polar surface area (TPSA) is 63.2 Å². The van der Waals surface area contributed by atoms with E-state index in [2.05, 4.69) is 5.32 Å². The quantitative estimate of drug-likeness (QED) is 0.470. The number of carbonyl (C=O) groups is 1. The lowest BCUT2D eigenvalue weighted by molar-refractivity contribution is -0.121. The number of amides is 1. The molecule has 0 fully saturated rings. The number of halogens is 5. The first-order valence-corrected chi connectivity index (χ1v) is 9.42. The van der Waals surface area contributed by atoms with Gasteiger partial charge in [0.25, 0.3) is 0 Å². The highest BCUT2D eigenvalue weighted by molar-refractivity contribution is 7.90. The van der Waals surface area contributed by atoms with E-state index in [9.17, 15) is 35.2 Å². The lowest BCUT2D eigenvalue weighted by Crippen LogP contribution is -2.29. The maximum Gasteiger partial charge on any atom is 0.225 e. The predicted octanol–water partition coefficient (Wildman–Crippen LogP) is 3.21. The SMILES string of the molecule is C[C@H](NC(=O)Cc1c(F)c(F)c(F)c(F)c1F)c1ccc(S(C)(=O)=O)cc1. The highest BCUT2D eigenvalue weighted by Gasteiger charge is 2.27. The molecule has 0 saturated carbocycles. The molecule has 2 aromatic carbocycles. The van der Waals surface area contributed by atoms with Gasteiger partial charge in [0, 0.05) is 11.8 Å². The van der Waals surface area contributed by atoms with Crippen LogP contribution >= 0.6 is 0 Å². The smallest absolute Gasteiger partial charge is 0.225 e. The van der Waals surface area contributed by atoms with Crippen LogP contribution in [-0.4, -0.2) is 20.6 Å². The van der Waals surface area contributed by atoms with E-state index in [0.717, 1.165) is 6.26 Å². The number of nitrogens with one attached hydrogen (secondary N) is 1. The second-order valence-electron chi connectivity index (χ2n) is 5.86. The van der Waals surface area contributed by atoms with Gasteiger partial charge in [-0.15, -0.1) is 0 Å². The number of sulfone groups is 1. The standard InChI is InChI=1S/C17H14F5NO3S/c1-8(9-3-5-10(6-4-9)27(2,25)26)23-12(24)7-11-13(18)15(20)17(22)16(21)14(11)19/h3-6,8H,7H2,1-2H3,(H,23,24)/t8-/m0/s1. The van der Waals surface area contributed by atoms with Crippen molar-refractivity contribution in [2.24, 2.45) is 0 Å². The van der Waals surface area contributed by atoms with Crippen LogP contribution in [0.3, 0.4) is 0 Å². The molecule has 0 saturated heterocycles. The Morgan fingerprint density at radius 2 is 1.37 bits per heavy atom. The molecule has 0 spiro atoms. The summed E-state index contributed by atoms with van der Waals surface area (Å²) in [5, 5.41) is 2.35. The molecule has 1 amide bonds. The fourth-order valence-electron chi connectivity index (χ4n) is 2.35. The molecule has 2 aromatic rings. The summed E-state index contributed by atoms with van der Waals surface area (Å²) in [6.07, 6.45) is -0.0329. The van der Waals surface area contributed by atoms with Crippen molar-refractivity contribution < 1.29 is 35.2 Å². The van der Waals surface area contributed by atoms with Gasteiger partial charge in [0.1, 0.15) is 0 Å². The highest BCUT2D eigenvalue weighted by atomic mass is 32.2. The fraction of sp³-hybridized carbons (Fsp3) is 0.235. The molecule has 4 nitrogen and oxygen atoms in total. The van der Waals surface area contributed by atoms with Crippen LogP contribution in [0.4, 0.5) is 22.0 Å². The highest BCUT2D eigenvalue weighted by Crippen LogP contribution is 2.24. The van der Waals surface area contributed by atoms with Crippen LogP contribution in [0.1, 0.15) is 24.1 Å². The van der Waals surface area contributed by atoms with Crippen molar-refractivity contribution >= 4 is 15.7 Å². The normalized spacial score (nSPS) is 12.7. The molecule has 0 aliphatic heterocycles. The molecule has 0 radical (unpaired) electrons. The van der Waals surface area contributed by atoms with Crippen LogP contribution in [-0.2, 0) is 21.1 Å². The van der Waals surface area contributed by atoms with Crippen molar-refractivity contribution in [1.29, 1.82) is 0 Å². The summed E-state index contributed by atoms with van der Waals surface area (Å²) < 4.78 is 89.4. The van der Waals surface area contributed by atoms with Crippen LogP contribution < -0.4 is 5.32 Å². The third-order valence-electron chi connectivity index (χ3n) is 3.82. The molecule has 27 heavy (non-hydrogen) atoms. The Kier molecular flexibility index (Phi) is 5.88. The van der Waals surface area contributed by atoms with E-state index in [1.807, 2.05) is 0 Å². The van der Waals surface area contributed by atoms with Gasteiger partial charge in [-0.1, -0.05) is 12.1 Å². The van der Waals surface area contributed by atoms with Gasteiger partial charge >= 0.3 is 0 Å². The maximum atomic E-state index is 13.6. The first kappa shape index (κ1) is 20.8. The molecule has 2 rings (SSSR count). The molecule has 1 N–H and O–H groups in total. The van der Waals surface area contributed by atoms with E-state index in [0.29, 0.717) is 5.56 Å². The summed E-state index contributed by atoms with van der Waals surface area (Å²) in [6, 6.07) is 4.79. The van der Waals surface area contributed by atoms with Gasteiger partial charge in [-0.25, -0.2) is 30.4 Å². The summed E-state index contributed by atoms with van der Waals surface area (Å²) in [5.74, 6) is -11.6. The van der Waals surface area contributed by atoms with E-state index < -0.39 is 62.9 Å². The van der Waals surface area contributed by atoms with Crippen LogP contribution in [0.25, 0.3) is 0 Å². The molecule has 0 aliphatic carbocycles. The van der Waals surface area contributed by atoms with Crippen molar-refractivity contribution in [1.82, 2.24) is 5.32 Å². The second-order valence-corrected chi connectivity index (χ2v) is 7.87. The maximum absolute atomic E-state index is 13.6. The van der Waals surface area contributed by atoms with E-state index in [1.54, 1.807) is 0 Å². The Bertz CT molecular complexity index is 962. The van der Waals surface area contributed by atoms with Crippen LogP contribution in [0.15, 0.2) is 29.2 Å². The van der Waals surface area contributed by atoms with Gasteiger partial charge in [-0.3, -0.25) is 4.79 Å². The zero-order chi connectivity index (χ0) is 20.5. The third-order valence-corrected chi connectivity index (χ3v) is 4.95. The Labute approximate surface area is 151 Å². The van der Waals surface area contributed by atoms with Crippen molar-refractivity contribution in [3.63, 3.8) is 0 Å². The van der Waals surface area contributed by atoms with Gasteiger partial charge in [0.2, 0.25) is 11.7 Å². The minimum Gasteiger partial charge on any atom is -0.349 e. The molecule has 0 aliphatic rings. The van der Waals surface area contributed by atoms with Crippen molar-refractivity contribution in [3.05, 3.63) is 64.5 Å². The molecule has 0 aromatic heterocycles. The average molecular weight is 407 g/mol. The summed E-state index contributed by atoms with van der Waals surface area (Å²) in [7, 11) is -3.40. The summed E-state index contributed by atoms with van der Waals surface area (Å²) in [4.78, 5) is 12.0. The largest absolute Gasteiger partial charge is 0.349 e. The van der Waals surface area contributed by atoms with Gasteiger partial charge < -0.3 is 5.32 Å². The van der Waals surface area contributed by atoms with Crippen molar-refractivity contribution in [2.75, 3.05) is 6.26 Å².